The third-order valence-corrected chi connectivity index (χ3v) is 16.9. The van der Waals surface area contributed by atoms with Crippen LogP contribution in [0.1, 0.15) is 248 Å². The standard InChI is InChI=1S/C11H16.C11H14.C10H14.3C9H13N.C8H12O.2C8H12S.C7H11NS.3C2H6/c2*1-9(2)10(3)11-7-5-4-6-8-11;1-9(2)8-10-6-4-3-5-7-10;1-8(2)7-9-3-5-10-6-4-9;1-8(2)6-9-4-3-5-10-7-9;1-8(2)7-9-5-3-4-6-10-9;1-7(2)6-8-4-3-5-9-8;1-7(2)5-8-3-4-9-6-8;1-7(2)6-8-4-3-5-9-8;1-6(2)5-7-8-3-4-9-7;3*1-2/h4-10H,1-3H3;4-9H,3H2,1-2H3;3-7,9H,8H2,1-2H3;3-6,8H,7H2,1-2H3;3-5,7-8H,6H2,1-2H3;3-6,8H,7H2,1-2H3;3-5,7H,6H2,1-2H3;3-4,6-7H,5H2,1-2H3;3-5,7H,6H2,1-2H3;3-4,6H,5H2,1-2H3;3*1-2H3. The van der Waals surface area contributed by atoms with Crippen LogP contribution < -0.4 is 0 Å². The predicted molar refractivity (Wildman–Crippen MR) is 471 cm³/mol. The van der Waals surface area contributed by atoms with Crippen molar-refractivity contribution in [2.24, 2.45) is 59.2 Å². The zero-order valence-electron chi connectivity index (χ0n) is 70.6. The number of nitrogens with zero attached hydrogens (tertiary/aromatic N) is 4. The van der Waals surface area contributed by atoms with Crippen molar-refractivity contribution in [3.8, 4) is 0 Å². The monoisotopic (exact) mass is 1470 g/mol. The van der Waals surface area contributed by atoms with Crippen LogP contribution in [0.4, 0.5) is 0 Å². The van der Waals surface area contributed by atoms with Gasteiger partial charge in [0.25, 0.3) is 0 Å². The van der Waals surface area contributed by atoms with Gasteiger partial charge in [-0.25, -0.2) is 4.98 Å². The first-order valence-corrected chi connectivity index (χ1v) is 41.9. The van der Waals surface area contributed by atoms with Crippen LogP contribution in [-0.4, -0.2) is 19.9 Å². The summed E-state index contributed by atoms with van der Waals surface area (Å²) in [4.78, 5) is 17.9. The van der Waals surface area contributed by atoms with Crippen molar-refractivity contribution in [2.75, 3.05) is 0 Å². The molecular weight excluding hydrogens is 1320 g/mol. The fourth-order valence-electron chi connectivity index (χ4n) is 9.38. The lowest BCUT2D eigenvalue weighted by atomic mass is 9.91. The smallest absolute Gasteiger partial charge is 0.104 e. The summed E-state index contributed by atoms with van der Waals surface area (Å²) in [6.07, 6.45) is 22.1. The second-order valence-corrected chi connectivity index (χ2v) is 31.8. The number of allylic oxidation sites excluding steroid dienone is 1. The highest BCUT2D eigenvalue weighted by atomic mass is 32.1. The van der Waals surface area contributed by atoms with E-state index in [2.05, 4.69) is 303 Å². The van der Waals surface area contributed by atoms with Crippen LogP contribution >= 0.6 is 34.0 Å². The predicted octanol–water partition coefficient (Wildman–Crippen LogP) is 30.3. The zero-order chi connectivity index (χ0) is 78.9. The van der Waals surface area contributed by atoms with E-state index in [9.17, 15) is 0 Å². The van der Waals surface area contributed by atoms with Gasteiger partial charge >= 0.3 is 0 Å². The van der Waals surface area contributed by atoms with E-state index in [-0.39, 0.29) is 0 Å². The van der Waals surface area contributed by atoms with Gasteiger partial charge in [0, 0.05) is 66.0 Å². The molecule has 0 aliphatic heterocycles. The maximum atomic E-state index is 5.14. The minimum Gasteiger partial charge on any atom is -0.469 e. The highest BCUT2D eigenvalue weighted by Gasteiger charge is 2.08. The van der Waals surface area contributed by atoms with Gasteiger partial charge < -0.3 is 4.42 Å². The van der Waals surface area contributed by atoms with Crippen LogP contribution in [0.25, 0.3) is 5.57 Å². The second-order valence-electron chi connectivity index (χ2n) is 29.0. The molecule has 3 aromatic carbocycles. The van der Waals surface area contributed by atoms with Gasteiger partial charge in [0.2, 0.25) is 0 Å². The van der Waals surface area contributed by atoms with Crippen molar-refractivity contribution >= 4 is 39.6 Å². The molecule has 576 valence electrons. The van der Waals surface area contributed by atoms with Crippen molar-refractivity contribution in [1.29, 1.82) is 0 Å². The molecule has 0 radical (unpaired) electrons. The summed E-state index contributed by atoms with van der Waals surface area (Å²) in [6, 6.07) is 56.3. The van der Waals surface area contributed by atoms with E-state index >= 15 is 0 Å². The SMILES string of the molecule is C=C(c1ccccc1)C(C)C.CC.CC.CC.CC(C)C(C)c1ccccc1.CC(C)Cc1ccccc1.CC(C)Cc1ccccn1.CC(C)Cc1cccnc1.CC(C)Cc1ccco1.CC(C)Cc1cccs1.CC(C)Cc1ccncc1.CC(C)Cc1ccsc1.CC(C)Cc1nccs1. The first-order valence-electron chi connectivity index (χ1n) is 39.2. The Morgan fingerprint density at radius 2 is 0.856 bits per heavy atom. The van der Waals surface area contributed by atoms with Gasteiger partial charge in [-0.2, -0.15) is 11.3 Å². The summed E-state index contributed by atoms with van der Waals surface area (Å²) in [7, 11) is 0. The number of pyridine rings is 3. The lowest BCUT2D eigenvalue weighted by Crippen LogP contribution is -2.00. The molecule has 0 N–H and O–H groups in total. The molecule has 7 aromatic heterocycles. The van der Waals surface area contributed by atoms with Crippen molar-refractivity contribution in [3.63, 3.8) is 0 Å². The lowest BCUT2D eigenvalue weighted by molar-refractivity contribution is 0.472. The van der Waals surface area contributed by atoms with Crippen LogP contribution in [0.3, 0.4) is 0 Å². The topological polar surface area (TPSA) is 64.7 Å². The van der Waals surface area contributed by atoms with Crippen molar-refractivity contribution < 1.29 is 4.42 Å². The number of rotatable bonds is 20. The van der Waals surface area contributed by atoms with E-state index in [0.717, 1.165) is 79.3 Å². The molecule has 0 aliphatic rings. The molecule has 10 aromatic rings. The number of benzene rings is 3. The van der Waals surface area contributed by atoms with Crippen molar-refractivity contribution in [2.45, 2.75) is 244 Å². The molecule has 0 spiro atoms. The fraction of sp³-hybridized carbons (Fsp3) is 0.479. The number of hydrogen-bond donors (Lipinski definition) is 0. The molecule has 0 aliphatic carbocycles. The molecule has 0 amide bonds. The Bertz CT molecular complexity index is 2910. The molecule has 5 nitrogen and oxygen atoms in total. The van der Waals surface area contributed by atoms with Gasteiger partial charge in [-0.15, -0.1) is 22.7 Å². The number of thiophene rings is 2. The molecule has 0 saturated carbocycles. The molecule has 7 heterocycles. The number of aromatic nitrogens is 4. The summed E-state index contributed by atoms with van der Waals surface area (Å²) >= 11 is 5.37. The van der Waals surface area contributed by atoms with Gasteiger partial charge in [-0.3, -0.25) is 15.0 Å². The van der Waals surface area contributed by atoms with E-state index in [1.807, 2.05) is 144 Å². The van der Waals surface area contributed by atoms with Crippen molar-refractivity contribution in [3.05, 3.63) is 290 Å². The fourth-order valence-corrected chi connectivity index (χ4v) is 11.8. The largest absolute Gasteiger partial charge is 0.469 e. The highest BCUT2D eigenvalue weighted by molar-refractivity contribution is 7.10. The molecule has 8 heteroatoms. The lowest BCUT2D eigenvalue weighted by Gasteiger charge is -2.15. The van der Waals surface area contributed by atoms with Crippen LogP contribution in [0, 0.1) is 59.2 Å². The van der Waals surface area contributed by atoms with Crippen LogP contribution in [0.5, 0.6) is 0 Å². The molecule has 104 heavy (non-hydrogen) atoms. The van der Waals surface area contributed by atoms with Crippen molar-refractivity contribution in [1.82, 2.24) is 19.9 Å². The Kier molecular flexibility index (Phi) is 66.3. The third-order valence-electron chi connectivity index (χ3n) is 14.4. The van der Waals surface area contributed by atoms with E-state index in [1.54, 1.807) is 28.9 Å². The van der Waals surface area contributed by atoms with Gasteiger partial charge in [0.1, 0.15) is 5.76 Å². The van der Waals surface area contributed by atoms with E-state index in [1.165, 1.54) is 73.8 Å². The maximum Gasteiger partial charge on any atom is 0.104 e. The Labute approximate surface area is 652 Å². The zero-order valence-corrected chi connectivity index (χ0v) is 73.0. The molecule has 10 rings (SSSR count). The molecule has 0 saturated heterocycles. The molecular formula is C96H148N4OS3. The Morgan fingerprint density at radius 1 is 0.365 bits per heavy atom. The van der Waals surface area contributed by atoms with Gasteiger partial charge in [-0.1, -0.05) is 303 Å². The van der Waals surface area contributed by atoms with E-state index < -0.39 is 0 Å². The Morgan fingerprint density at radius 3 is 1.27 bits per heavy atom. The summed E-state index contributed by atoms with van der Waals surface area (Å²) < 4.78 is 5.14. The van der Waals surface area contributed by atoms with Crippen LogP contribution in [-0.2, 0) is 51.4 Å². The Hall–Kier alpha value is -6.84. The first kappa shape index (κ1) is 101. The molecule has 1 atom stereocenters. The summed E-state index contributed by atoms with van der Waals surface area (Å²) in [6.45, 7) is 62.7. The summed E-state index contributed by atoms with van der Waals surface area (Å²) in [5, 5.41) is 9.78. The average Bonchev–Trinajstić information content (AvgIpc) is 1.37. The van der Waals surface area contributed by atoms with Crippen LogP contribution in [0.15, 0.2) is 240 Å². The van der Waals surface area contributed by atoms with Gasteiger partial charge in [0.15, 0.2) is 0 Å². The first-order chi connectivity index (χ1) is 49.7. The molecule has 0 bridgehead atoms. The minimum atomic E-state index is 0.539. The quantitative estimate of drug-likeness (QED) is 0.0761. The average molecular weight is 1470 g/mol. The summed E-state index contributed by atoms with van der Waals surface area (Å²) in [5.74, 6) is 8.98. The van der Waals surface area contributed by atoms with Gasteiger partial charge in [0.05, 0.1) is 11.3 Å². The van der Waals surface area contributed by atoms with Gasteiger partial charge in [-0.05, 0) is 213 Å². The normalized spacial score (nSPS) is 10.3. The Balaban J connectivity index is -0.00000108. The second kappa shape index (κ2) is 68.0. The number of furan rings is 1. The third kappa shape index (κ3) is 61.5. The van der Waals surface area contributed by atoms with Crippen LogP contribution in [0.2, 0.25) is 0 Å². The number of hydrogen-bond acceptors (Lipinski definition) is 8. The van der Waals surface area contributed by atoms with E-state index in [0.29, 0.717) is 23.7 Å². The highest BCUT2D eigenvalue weighted by Crippen LogP contribution is 2.23. The molecule has 1 unspecified atom stereocenters. The van der Waals surface area contributed by atoms with E-state index in [4.69, 9.17) is 4.42 Å². The minimum absolute atomic E-state index is 0.539. The summed E-state index contributed by atoms with van der Waals surface area (Å²) in [5.41, 5.74) is 10.7. The molecule has 0 fully saturated rings. The maximum absolute atomic E-state index is 5.14. The number of thiazole rings is 1.